The van der Waals surface area contributed by atoms with Crippen molar-refractivity contribution in [2.24, 2.45) is 0 Å². The third-order valence-electron chi connectivity index (χ3n) is 4.42. The number of nitrogens with zero attached hydrogens (tertiary/aromatic N) is 3. The average Bonchev–Trinajstić information content (AvgIpc) is 2.70. The maximum absolute atomic E-state index is 12.7. The lowest BCUT2D eigenvalue weighted by atomic mass is 10.2. The summed E-state index contributed by atoms with van der Waals surface area (Å²) in [5.74, 6) is 1.70. The van der Waals surface area contributed by atoms with E-state index in [-0.39, 0.29) is 31.1 Å². The van der Waals surface area contributed by atoms with Gasteiger partial charge in [-0.1, -0.05) is 12.1 Å². The summed E-state index contributed by atoms with van der Waals surface area (Å²) in [5, 5.41) is 0. The zero-order valence-corrected chi connectivity index (χ0v) is 14.8. The predicted octanol–water partition coefficient (Wildman–Crippen LogP) is 1.11. The SMILES string of the molecule is CN(C[C@H]1COc2ccccc2O1)C(=O)CN1C(=O)COc2cccnc21. The van der Waals surface area contributed by atoms with Crippen molar-refractivity contribution in [1.29, 1.82) is 0 Å². The van der Waals surface area contributed by atoms with Crippen molar-refractivity contribution in [3.05, 3.63) is 42.6 Å². The molecule has 0 saturated carbocycles. The first-order chi connectivity index (χ1) is 13.1. The van der Waals surface area contributed by atoms with Crippen LogP contribution in [0.25, 0.3) is 0 Å². The van der Waals surface area contributed by atoms with Gasteiger partial charge in [0, 0.05) is 13.2 Å². The van der Waals surface area contributed by atoms with E-state index < -0.39 is 0 Å². The first kappa shape index (κ1) is 17.1. The van der Waals surface area contributed by atoms with E-state index in [4.69, 9.17) is 14.2 Å². The summed E-state index contributed by atoms with van der Waals surface area (Å²) in [4.78, 5) is 31.9. The summed E-state index contributed by atoms with van der Waals surface area (Å²) in [7, 11) is 1.68. The Morgan fingerprint density at radius 3 is 2.81 bits per heavy atom. The molecule has 0 spiro atoms. The number of fused-ring (bicyclic) bond motifs is 2. The Morgan fingerprint density at radius 2 is 1.96 bits per heavy atom. The summed E-state index contributed by atoms with van der Waals surface area (Å²) in [5.41, 5.74) is 0. The van der Waals surface area contributed by atoms with Gasteiger partial charge in [-0.3, -0.25) is 14.5 Å². The van der Waals surface area contributed by atoms with Gasteiger partial charge in [-0.15, -0.1) is 0 Å². The van der Waals surface area contributed by atoms with E-state index >= 15 is 0 Å². The third-order valence-corrected chi connectivity index (χ3v) is 4.42. The number of hydrogen-bond acceptors (Lipinski definition) is 6. The summed E-state index contributed by atoms with van der Waals surface area (Å²) in [6, 6.07) is 10.9. The molecular formula is C19H19N3O5. The van der Waals surface area contributed by atoms with E-state index in [9.17, 15) is 9.59 Å². The average molecular weight is 369 g/mol. The number of benzene rings is 1. The summed E-state index contributed by atoms with van der Waals surface area (Å²) < 4.78 is 16.9. The molecule has 0 N–H and O–H groups in total. The van der Waals surface area contributed by atoms with Gasteiger partial charge in [0.15, 0.2) is 35.8 Å². The number of pyridine rings is 1. The van der Waals surface area contributed by atoms with Crippen LogP contribution in [0.4, 0.5) is 5.82 Å². The molecule has 8 heteroatoms. The number of ether oxygens (including phenoxy) is 3. The zero-order valence-electron chi connectivity index (χ0n) is 14.8. The van der Waals surface area contributed by atoms with E-state index in [1.807, 2.05) is 24.3 Å². The minimum Gasteiger partial charge on any atom is -0.486 e. The summed E-state index contributed by atoms with van der Waals surface area (Å²) >= 11 is 0. The number of rotatable bonds is 4. The number of carbonyl (C=O) groups excluding carboxylic acids is 2. The molecule has 0 bridgehead atoms. The van der Waals surface area contributed by atoms with Gasteiger partial charge in [-0.25, -0.2) is 4.98 Å². The minimum absolute atomic E-state index is 0.104. The smallest absolute Gasteiger partial charge is 0.266 e. The number of likely N-dealkylation sites (N-methyl/N-ethyl adjacent to an activating group) is 1. The summed E-state index contributed by atoms with van der Waals surface area (Å²) in [6.07, 6.45) is 1.28. The molecule has 8 nitrogen and oxygen atoms in total. The third kappa shape index (κ3) is 3.51. The number of para-hydroxylation sites is 2. The monoisotopic (exact) mass is 369 g/mol. The van der Waals surface area contributed by atoms with Crippen LogP contribution in [0.5, 0.6) is 17.2 Å². The van der Waals surface area contributed by atoms with Crippen molar-refractivity contribution < 1.29 is 23.8 Å². The Bertz CT molecular complexity index is 872. The molecule has 4 rings (SSSR count). The second-order valence-electron chi connectivity index (χ2n) is 6.37. The lowest BCUT2D eigenvalue weighted by Crippen LogP contribution is -2.48. The van der Waals surface area contributed by atoms with Crippen LogP contribution < -0.4 is 19.1 Å². The molecule has 140 valence electrons. The predicted molar refractivity (Wildman–Crippen MR) is 96.1 cm³/mol. The first-order valence-corrected chi connectivity index (χ1v) is 8.62. The van der Waals surface area contributed by atoms with E-state index in [0.29, 0.717) is 36.2 Å². The van der Waals surface area contributed by atoms with Gasteiger partial charge in [0.2, 0.25) is 5.91 Å². The van der Waals surface area contributed by atoms with Crippen molar-refractivity contribution in [3.8, 4) is 17.2 Å². The molecule has 3 heterocycles. The van der Waals surface area contributed by atoms with E-state index in [1.165, 1.54) is 9.80 Å². The molecule has 0 saturated heterocycles. The van der Waals surface area contributed by atoms with Gasteiger partial charge in [-0.2, -0.15) is 0 Å². The van der Waals surface area contributed by atoms with Crippen molar-refractivity contribution in [3.63, 3.8) is 0 Å². The topological polar surface area (TPSA) is 81.2 Å². The highest BCUT2D eigenvalue weighted by Crippen LogP contribution is 2.31. The normalized spacial score (nSPS) is 17.7. The Hall–Kier alpha value is -3.29. The largest absolute Gasteiger partial charge is 0.486 e. The molecule has 27 heavy (non-hydrogen) atoms. The lowest BCUT2D eigenvalue weighted by molar-refractivity contribution is -0.132. The maximum Gasteiger partial charge on any atom is 0.266 e. The van der Waals surface area contributed by atoms with Crippen molar-refractivity contribution in [2.45, 2.75) is 6.10 Å². The van der Waals surface area contributed by atoms with Crippen LogP contribution in [-0.4, -0.2) is 61.2 Å². The fraction of sp³-hybridized carbons (Fsp3) is 0.316. The van der Waals surface area contributed by atoms with Gasteiger partial charge in [0.05, 0.1) is 6.54 Å². The fourth-order valence-corrected chi connectivity index (χ4v) is 3.01. The molecule has 2 aromatic rings. The van der Waals surface area contributed by atoms with Crippen molar-refractivity contribution in [2.75, 3.05) is 38.3 Å². The molecular weight excluding hydrogens is 350 g/mol. The Balaban J connectivity index is 1.40. The highest BCUT2D eigenvalue weighted by atomic mass is 16.6. The van der Waals surface area contributed by atoms with Crippen LogP contribution in [0, 0.1) is 0 Å². The van der Waals surface area contributed by atoms with Crippen molar-refractivity contribution in [1.82, 2.24) is 9.88 Å². The minimum atomic E-state index is -0.297. The van der Waals surface area contributed by atoms with Crippen LogP contribution in [0.2, 0.25) is 0 Å². The second kappa shape index (κ2) is 7.14. The highest BCUT2D eigenvalue weighted by molar-refractivity contribution is 6.01. The Morgan fingerprint density at radius 1 is 1.19 bits per heavy atom. The number of anilines is 1. The molecule has 2 aliphatic rings. The van der Waals surface area contributed by atoms with Crippen LogP contribution >= 0.6 is 0 Å². The number of amides is 2. The lowest BCUT2D eigenvalue weighted by Gasteiger charge is -2.31. The molecule has 2 aliphatic heterocycles. The number of carbonyl (C=O) groups is 2. The fourth-order valence-electron chi connectivity index (χ4n) is 3.01. The van der Waals surface area contributed by atoms with Gasteiger partial charge < -0.3 is 19.1 Å². The maximum atomic E-state index is 12.7. The molecule has 1 atom stereocenters. The second-order valence-corrected chi connectivity index (χ2v) is 6.37. The molecule has 1 aromatic heterocycles. The number of hydrogen-bond donors (Lipinski definition) is 0. The Kier molecular flexibility index (Phi) is 4.53. The van der Waals surface area contributed by atoms with Gasteiger partial charge in [0.25, 0.3) is 5.91 Å². The van der Waals surface area contributed by atoms with E-state index in [0.717, 1.165) is 0 Å². The molecule has 0 radical (unpaired) electrons. The highest BCUT2D eigenvalue weighted by Gasteiger charge is 2.30. The summed E-state index contributed by atoms with van der Waals surface area (Å²) in [6.45, 7) is 0.495. The molecule has 0 unspecified atom stereocenters. The number of aromatic nitrogens is 1. The van der Waals surface area contributed by atoms with Crippen LogP contribution in [-0.2, 0) is 9.59 Å². The van der Waals surface area contributed by atoms with Gasteiger partial charge in [0.1, 0.15) is 13.2 Å². The van der Waals surface area contributed by atoms with Gasteiger partial charge in [-0.05, 0) is 24.3 Å². The van der Waals surface area contributed by atoms with Crippen molar-refractivity contribution >= 4 is 17.6 Å². The standard InChI is InChI=1S/C19H19N3O5/c1-21(9-13-11-25-14-5-2-3-6-15(14)27-13)17(23)10-22-18(24)12-26-16-7-4-8-20-19(16)22/h2-8,13H,9-12H2,1H3/t13-/m0/s1. The Labute approximate surface area is 156 Å². The van der Waals surface area contributed by atoms with Crippen LogP contribution in [0.1, 0.15) is 0 Å². The van der Waals surface area contributed by atoms with Crippen LogP contribution in [0.3, 0.4) is 0 Å². The van der Waals surface area contributed by atoms with Gasteiger partial charge >= 0.3 is 0 Å². The van der Waals surface area contributed by atoms with E-state index in [1.54, 1.807) is 25.4 Å². The molecule has 0 fully saturated rings. The molecule has 1 aromatic carbocycles. The van der Waals surface area contributed by atoms with Crippen LogP contribution in [0.15, 0.2) is 42.6 Å². The van der Waals surface area contributed by atoms with E-state index in [2.05, 4.69) is 4.98 Å². The molecule has 2 amide bonds. The quantitative estimate of drug-likeness (QED) is 0.803. The first-order valence-electron chi connectivity index (χ1n) is 8.62. The zero-order chi connectivity index (χ0) is 18.8. The molecule has 0 aliphatic carbocycles.